The number of halogens is 1. The molecule has 0 bridgehead atoms. The van der Waals surface area contributed by atoms with Gasteiger partial charge in [0, 0.05) is 10.6 Å². The molecule has 0 spiro atoms. The summed E-state index contributed by atoms with van der Waals surface area (Å²) < 4.78 is 1.41. The van der Waals surface area contributed by atoms with Crippen molar-refractivity contribution in [2.75, 3.05) is 0 Å². The summed E-state index contributed by atoms with van der Waals surface area (Å²) >= 11 is 5.76. The standard InChI is InChI=1S/C13H14ClN3O2/c1-13(2,19)12-8-17(16-15-12)7-11(18)9-3-5-10(14)6-4-9/h3-6,8,19H,7H2,1-2H3. The molecule has 1 aromatic carbocycles. The highest BCUT2D eigenvalue weighted by Gasteiger charge is 2.20. The van der Waals surface area contributed by atoms with Gasteiger partial charge in [-0.15, -0.1) is 5.10 Å². The summed E-state index contributed by atoms with van der Waals surface area (Å²) in [6.07, 6.45) is 1.56. The smallest absolute Gasteiger partial charge is 0.184 e. The van der Waals surface area contributed by atoms with Crippen LogP contribution in [0.15, 0.2) is 30.5 Å². The average Bonchev–Trinajstić information content (AvgIpc) is 2.78. The minimum Gasteiger partial charge on any atom is -0.384 e. The lowest BCUT2D eigenvalue weighted by atomic mass is 10.1. The zero-order valence-corrected chi connectivity index (χ0v) is 11.4. The molecule has 1 N–H and O–H groups in total. The van der Waals surface area contributed by atoms with Gasteiger partial charge in [0.05, 0.1) is 6.20 Å². The lowest BCUT2D eigenvalue weighted by Crippen LogP contribution is -2.16. The molecule has 0 saturated carbocycles. The van der Waals surface area contributed by atoms with Crippen molar-refractivity contribution in [1.82, 2.24) is 15.0 Å². The Bertz CT molecular complexity index is 585. The van der Waals surface area contributed by atoms with Gasteiger partial charge in [-0.05, 0) is 38.1 Å². The largest absolute Gasteiger partial charge is 0.384 e. The molecule has 0 aliphatic carbocycles. The second-order valence-corrected chi connectivity index (χ2v) is 5.23. The summed E-state index contributed by atoms with van der Waals surface area (Å²) in [5.41, 5.74) is -0.0807. The highest BCUT2D eigenvalue weighted by Crippen LogP contribution is 2.16. The summed E-state index contributed by atoms with van der Waals surface area (Å²) in [6, 6.07) is 6.66. The Labute approximate surface area is 115 Å². The molecule has 5 nitrogen and oxygen atoms in total. The van der Waals surface area contributed by atoms with E-state index in [0.29, 0.717) is 16.3 Å². The van der Waals surface area contributed by atoms with Gasteiger partial charge in [-0.25, -0.2) is 4.68 Å². The van der Waals surface area contributed by atoms with Crippen molar-refractivity contribution < 1.29 is 9.90 Å². The molecule has 0 fully saturated rings. The molecule has 19 heavy (non-hydrogen) atoms. The molecule has 0 aliphatic heterocycles. The number of carbonyl (C=O) groups excluding carboxylic acids is 1. The fourth-order valence-corrected chi connectivity index (χ4v) is 1.66. The molecule has 0 saturated heterocycles. The van der Waals surface area contributed by atoms with E-state index in [-0.39, 0.29) is 12.3 Å². The van der Waals surface area contributed by atoms with Crippen molar-refractivity contribution >= 4 is 17.4 Å². The number of aliphatic hydroxyl groups is 1. The molecule has 2 aromatic rings. The second kappa shape index (κ2) is 5.11. The summed E-state index contributed by atoms with van der Waals surface area (Å²) in [7, 11) is 0. The van der Waals surface area contributed by atoms with Crippen molar-refractivity contribution in [3.8, 4) is 0 Å². The number of rotatable bonds is 4. The first-order valence-corrected chi connectivity index (χ1v) is 6.16. The molecule has 0 aliphatic rings. The van der Waals surface area contributed by atoms with E-state index in [9.17, 15) is 9.90 Å². The Morgan fingerprint density at radius 2 is 2.00 bits per heavy atom. The zero-order chi connectivity index (χ0) is 14.0. The molecule has 1 heterocycles. The Hall–Kier alpha value is -1.72. The van der Waals surface area contributed by atoms with Gasteiger partial charge in [0.1, 0.15) is 17.8 Å². The normalized spacial score (nSPS) is 11.6. The number of Topliss-reactive ketones (excluding diaryl/α,β-unsaturated/α-hetero) is 1. The van der Waals surface area contributed by atoms with Gasteiger partial charge in [0.25, 0.3) is 0 Å². The third-order valence-corrected chi connectivity index (χ3v) is 2.89. The Morgan fingerprint density at radius 3 is 2.53 bits per heavy atom. The van der Waals surface area contributed by atoms with Gasteiger partial charge in [0.2, 0.25) is 0 Å². The summed E-state index contributed by atoms with van der Waals surface area (Å²) in [5.74, 6) is -0.0936. The molecule has 100 valence electrons. The maximum atomic E-state index is 12.0. The predicted molar refractivity (Wildman–Crippen MR) is 71.0 cm³/mol. The highest BCUT2D eigenvalue weighted by molar-refractivity contribution is 6.30. The number of nitrogens with zero attached hydrogens (tertiary/aromatic N) is 3. The minimum atomic E-state index is -1.07. The molecule has 0 unspecified atom stereocenters. The van der Waals surface area contributed by atoms with E-state index < -0.39 is 5.60 Å². The first-order chi connectivity index (χ1) is 8.86. The number of carbonyl (C=O) groups is 1. The number of hydrogen-bond donors (Lipinski definition) is 1. The van der Waals surface area contributed by atoms with Crippen LogP contribution in [-0.2, 0) is 12.1 Å². The van der Waals surface area contributed by atoms with Crippen LogP contribution in [0, 0.1) is 0 Å². The van der Waals surface area contributed by atoms with Crippen molar-refractivity contribution in [3.63, 3.8) is 0 Å². The number of hydrogen-bond acceptors (Lipinski definition) is 4. The molecule has 0 atom stereocenters. The van der Waals surface area contributed by atoms with Crippen LogP contribution in [0.1, 0.15) is 29.9 Å². The van der Waals surface area contributed by atoms with Crippen LogP contribution in [0.3, 0.4) is 0 Å². The van der Waals surface area contributed by atoms with Gasteiger partial charge in [-0.3, -0.25) is 4.79 Å². The van der Waals surface area contributed by atoms with Crippen LogP contribution in [0.5, 0.6) is 0 Å². The quantitative estimate of drug-likeness (QED) is 0.870. The van der Waals surface area contributed by atoms with Crippen LogP contribution in [0.25, 0.3) is 0 Å². The predicted octanol–water partition coefficient (Wildman–Crippen LogP) is 2.04. The third-order valence-electron chi connectivity index (χ3n) is 2.64. The molecule has 0 amide bonds. The molecular weight excluding hydrogens is 266 g/mol. The summed E-state index contributed by atoms with van der Waals surface area (Å²) in [4.78, 5) is 12.0. The van der Waals surface area contributed by atoms with Crippen molar-refractivity contribution in [2.24, 2.45) is 0 Å². The van der Waals surface area contributed by atoms with Crippen LogP contribution in [-0.4, -0.2) is 25.9 Å². The Kier molecular flexibility index (Phi) is 3.68. The molecule has 1 aromatic heterocycles. The van der Waals surface area contributed by atoms with Gasteiger partial charge < -0.3 is 5.11 Å². The topological polar surface area (TPSA) is 68.0 Å². The van der Waals surface area contributed by atoms with E-state index in [1.54, 1.807) is 44.3 Å². The molecule has 2 rings (SSSR count). The average molecular weight is 280 g/mol. The van der Waals surface area contributed by atoms with Gasteiger partial charge in [0.15, 0.2) is 5.78 Å². The van der Waals surface area contributed by atoms with Crippen LogP contribution < -0.4 is 0 Å². The summed E-state index contributed by atoms with van der Waals surface area (Å²) in [6.45, 7) is 3.30. The zero-order valence-electron chi connectivity index (χ0n) is 10.7. The van der Waals surface area contributed by atoms with Crippen molar-refractivity contribution in [3.05, 3.63) is 46.7 Å². The highest BCUT2D eigenvalue weighted by atomic mass is 35.5. The minimum absolute atomic E-state index is 0.0741. The van der Waals surface area contributed by atoms with Crippen LogP contribution in [0.4, 0.5) is 0 Å². The maximum Gasteiger partial charge on any atom is 0.184 e. The SMILES string of the molecule is CC(C)(O)c1cn(CC(=O)c2ccc(Cl)cc2)nn1. The van der Waals surface area contributed by atoms with E-state index >= 15 is 0 Å². The van der Waals surface area contributed by atoms with Gasteiger partial charge in [-0.2, -0.15) is 0 Å². The lowest BCUT2D eigenvalue weighted by molar-refractivity contribution is 0.0736. The Morgan fingerprint density at radius 1 is 1.37 bits per heavy atom. The molecule has 6 heteroatoms. The molecular formula is C13H14ClN3O2. The van der Waals surface area contributed by atoms with Gasteiger partial charge in [-0.1, -0.05) is 16.8 Å². The maximum absolute atomic E-state index is 12.0. The molecule has 0 radical (unpaired) electrons. The fraction of sp³-hybridized carbons (Fsp3) is 0.308. The number of benzene rings is 1. The van der Waals surface area contributed by atoms with Crippen molar-refractivity contribution in [1.29, 1.82) is 0 Å². The number of aromatic nitrogens is 3. The number of ketones is 1. The van der Waals surface area contributed by atoms with E-state index in [1.807, 2.05) is 0 Å². The monoisotopic (exact) mass is 279 g/mol. The third kappa shape index (κ3) is 3.39. The van der Waals surface area contributed by atoms with Crippen molar-refractivity contribution in [2.45, 2.75) is 26.0 Å². The van der Waals surface area contributed by atoms with Gasteiger partial charge >= 0.3 is 0 Å². The van der Waals surface area contributed by atoms with Crippen LogP contribution in [0.2, 0.25) is 5.02 Å². The Balaban J connectivity index is 2.11. The van der Waals surface area contributed by atoms with E-state index in [2.05, 4.69) is 10.3 Å². The fourth-order valence-electron chi connectivity index (χ4n) is 1.53. The van der Waals surface area contributed by atoms with E-state index in [0.717, 1.165) is 0 Å². The van der Waals surface area contributed by atoms with Crippen LogP contribution >= 0.6 is 11.6 Å². The first kappa shape index (κ1) is 13.7. The van der Waals surface area contributed by atoms with E-state index in [1.165, 1.54) is 4.68 Å². The summed E-state index contributed by atoms with van der Waals surface area (Å²) in [5, 5.41) is 18.0. The second-order valence-electron chi connectivity index (χ2n) is 4.79. The first-order valence-electron chi connectivity index (χ1n) is 5.78. The van der Waals surface area contributed by atoms with E-state index in [4.69, 9.17) is 11.6 Å². The lowest BCUT2D eigenvalue weighted by Gasteiger charge is -2.11.